The van der Waals surface area contributed by atoms with Crippen molar-refractivity contribution in [3.05, 3.63) is 48.5 Å². The monoisotopic (exact) mass is 354 g/mol. The summed E-state index contributed by atoms with van der Waals surface area (Å²) in [6.07, 6.45) is 2.12. The zero-order chi connectivity index (χ0) is 17.0. The molecule has 0 N–H and O–H groups in total. The van der Waals surface area contributed by atoms with Crippen LogP contribution in [0.2, 0.25) is 0 Å². The summed E-state index contributed by atoms with van der Waals surface area (Å²) in [7, 11) is -0.847. The normalized spacial score (nSPS) is 12.5. The Bertz CT molecular complexity index is 663. The van der Waals surface area contributed by atoms with Gasteiger partial charge in [0.2, 0.25) is 6.34 Å². The Hall–Kier alpha value is -1.61. The molecule has 0 aromatic heterocycles. The maximum atomic E-state index is 8.49. The predicted octanol–water partition coefficient (Wildman–Crippen LogP) is -1.17. The molecule has 0 unspecified atom stereocenters. The lowest BCUT2D eigenvalue weighted by molar-refractivity contribution is -2.00. The van der Waals surface area contributed by atoms with Gasteiger partial charge in [0.1, 0.15) is 11.4 Å². The minimum atomic E-state index is -4.94. The van der Waals surface area contributed by atoms with E-state index in [4.69, 9.17) is 18.6 Å². The molecule has 8 heteroatoms. The molecule has 3 rings (SSSR count). The molecule has 1 aliphatic rings. The molecule has 0 spiro atoms. The van der Waals surface area contributed by atoms with Crippen molar-refractivity contribution in [2.75, 3.05) is 19.0 Å². The van der Waals surface area contributed by atoms with Crippen LogP contribution in [0.5, 0.6) is 0 Å². The van der Waals surface area contributed by atoms with Gasteiger partial charge in [-0.15, -0.1) is 10.2 Å². The molecule has 0 saturated carbocycles. The lowest BCUT2D eigenvalue weighted by Crippen LogP contribution is -2.68. The average Bonchev–Trinajstić information content (AvgIpc) is 2.45. The largest absolute Gasteiger partial charge is 0.273 e. The van der Waals surface area contributed by atoms with E-state index in [0.29, 0.717) is 0 Å². The quantitative estimate of drug-likeness (QED) is 0.364. The molecule has 2 aromatic carbocycles. The van der Waals surface area contributed by atoms with Crippen molar-refractivity contribution in [2.24, 2.45) is 0 Å². The van der Waals surface area contributed by atoms with Crippen molar-refractivity contribution in [3.8, 4) is 0 Å². The third kappa shape index (κ3) is 5.21. The SMILES string of the molecule is C[N+](C)=CN1c2ccccc2Sc2ccccc21.[O-][Cl+3]([O-])([O-])[O-]. The van der Waals surface area contributed by atoms with Crippen LogP contribution in [-0.2, 0) is 0 Å². The fourth-order valence-electron chi connectivity index (χ4n) is 2.09. The molecule has 0 aliphatic carbocycles. The number of para-hydroxylation sites is 2. The molecule has 2 aromatic rings. The number of rotatable bonds is 1. The summed E-state index contributed by atoms with van der Waals surface area (Å²) in [4.78, 5) is 4.85. The summed E-state index contributed by atoms with van der Waals surface area (Å²) in [5.41, 5.74) is 2.49. The minimum Gasteiger partial charge on any atom is -0.273 e. The second-order valence-corrected chi connectivity index (χ2v) is 6.70. The number of fused-ring (bicyclic) bond motifs is 2. The zero-order valence-electron chi connectivity index (χ0n) is 12.5. The van der Waals surface area contributed by atoms with Gasteiger partial charge < -0.3 is 0 Å². The van der Waals surface area contributed by atoms with Crippen LogP contribution in [0.15, 0.2) is 58.3 Å². The lowest BCUT2D eigenvalue weighted by atomic mass is 10.2. The van der Waals surface area contributed by atoms with E-state index in [1.54, 1.807) is 0 Å². The fraction of sp³-hybridized carbons (Fsp3) is 0.133. The summed E-state index contributed by atoms with van der Waals surface area (Å²) < 4.78 is 36.0. The Balaban J connectivity index is 0.000000338. The highest BCUT2D eigenvalue weighted by Gasteiger charge is 2.27. The molecule has 122 valence electrons. The summed E-state index contributed by atoms with van der Waals surface area (Å²) in [5.74, 6) is 0. The topological polar surface area (TPSA) is 98.5 Å². The van der Waals surface area contributed by atoms with Gasteiger partial charge in [-0.2, -0.15) is 4.90 Å². The molecule has 0 fully saturated rings. The van der Waals surface area contributed by atoms with Gasteiger partial charge in [0.25, 0.3) is 0 Å². The van der Waals surface area contributed by atoms with Gasteiger partial charge in [-0.25, -0.2) is 18.6 Å². The first-order valence-corrected chi connectivity index (χ1v) is 8.59. The highest BCUT2D eigenvalue weighted by Crippen LogP contribution is 2.46. The van der Waals surface area contributed by atoms with Gasteiger partial charge in [-0.05, 0) is 24.3 Å². The molecular formula is C15H15ClN2O4S. The maximum absolute atomic E-state index is 8.49. The number of hydrogen-bond acceptors (Lipinski definition) is 5. The molecule has 23 heavy (non-hydrogen) atoms. The standard InChI is InChI=1S/C15H15N2S.ClHO4/c1-16(2)11-17-12-7-3-5-9-14(12)18-15-10-6-4-8-13(15)17;2-1(3,4)5/h3-11H,1-2H3;(H,2,3,4,5)/q+1;/p-1. The Morgan fingerprint density at radius 2 is 1.26 bits per heavy atom. The van der Waals surface area contributed by atoms with E-state index >= 15 is 0 Å². The molecule has 0 saturated heterocycles. The van der Waals surface area contributed by atoms with Crippen LogP contribution < -0.4 is 23.5 Å². The van der Waals surface area contributed by atoms with Gasteiger partial charge in [0.15, 0.2) is 0 Å². The summed E-state index contributed by atoms with van der Waals surface area (Å²) >= 11 is 1.83. The Kier molecular flexibility index (Phi) is 5.64. The van der Waals surface area contributed by atoms with Crippen LogP contribution >= 0.6 is 11.8 Å². The first kappa shape index (κ1) is 17.7. The van der Waals surface area contributed by atoms with E-state index in [-0.39, 0.29) is 0 Å². The molecule has 6 nitrogen and oxygen atoms in total. The number of nitrogens with zero attached hydrogens (tertiary/aromatic N) is 2. The molecule has 1 heterocycles. The molecule has 0 amide bonds. The van der Waals surface area contributed by atoms with Crippen molar-refractivity contribution < 1.29 is 33.5 Å². The van der Waals surface area contributed by atoms with Crippen LogP contribution in [0.25, 0.3) is 0 Å². The summed E-state index contributed by atoms with van der Waals surface area (Å²) in [5, 5.41) is 0. The molecule has 0 radical (unpaired) electrons. The lowest BCUT2D eigenvalue weighted by Gasteiger charge is -2.23. The van der Waals surface area contributed by atoms with E-state index in [1.165, 1.54) is 21.2 Å². The van der Waals surface area contributed by atoms with Gasteiger partial charge in [0, 0.05) is 0 Å². The van der Waals surface area contributed by atoms with E-state index in [1.807, 2.05) is 25.9 Å². The Labute approximate surface area is 140 Å². The van der Waals surface area contributed by atoms with Gasteiger partial charge in [-0.3, -0.25) is 4.58 Å². The van der Waals surface area contributed by atoms with E-state index in [9.17, 15) is 0 Å². The third-order valence-corrected chi connectivity index (χ3v) is 3.95. The zero-order valence-corrected chi connectivity index (χ0v) is 14.1. The average molecular weight is 355 g/mol. The van der Waals surface area contributed by atoms with Crippen molar-refractivity contribution >= 4 is 29.5 Å². The van der Waals surface area contributed by atoms with E-state index in [0.717, 1.165) is 0 Å². The summed E-state index contributed by atoms with van der Waals surface area (Å²) in [6.45, 7) is 0. The number of halogens is 1. The first-order chi connectivity index (χ1) is 10.8. The van der Waals surface area contributed by atoms with Crippen molar-refractivity contribution in [1.29, 1.82) is 0 Å². The van der Waals surface area contributed by atoms with E-state index < -0.39 is 10.2 Å². The number of hydrogen-bond donors (Lipinski definition) is 0. The maximum Gasteiger partial charge on any atom is 0.244 e. The van der Waals surface area contributed by atoms with E-state index in [2.05, 4.69) is 64.3 Å². The van der Waals surface area contributed by atoms with Crippen LogP contribution in [0.4, 0.5) is 11.4 Å². The van der Waals surface area contributed by atoms with Crippen molar-refractivity contribution in [2.45, 2.75) is 9.79 Å². The van der Waals surface area contributed by atoms with Gasteiger partial charge in [0.05, 0.1) is 23.9 Å². The molecular weight excluding hydrogens is 340 g/mol. The smallest absolute Gasteiger partial charge is 0.244 e. The van der Waals surface area contributed by atoms with Crippen LogP contribution in [-0.4, -0.2) is 25.0 Å². The van der Waals surface area contributed by atoms with Crippen LogP contribution in [0.1, 0.15) is 0 Å². The first-order valence-electron chi connectivity index (χ1n) is 6.54. The van der Waals surface area contributed by atoms with Gasteiger partial charge in [-0.1, -0.05) is 36.0 Å². The Morgan fingerprint density at radius 3 is 1.65 bits per heavy atom. The van der Waals surface area contributed by atoms with Crippen molar-refractivity contribution in [1.82, 2.24) is 0 Å². The van der Waals surface area contributed by atoms with Gasteiger partial charge >= 0.3 is 0 Å². The highest BCUT2D eigenvalue weighted by molar-refractivity contribution is 7.99. The molecule has 0 bridgehead atoms. The minimum absolute atomic E-state index is 1.25. The van der Waals surface area contributed by atoms with Crippen molar-refractivity contribution in [3.63, 3.8) is 0 Å². The fourth-order valence-corrected chi connectivity index (χ4v) is 3.16. The summed E-state index contributed by atoms with van der Waals surface area (Å²) in [6, 6.07) is 17.0. The molecule has 0 atom stereocenters. The Morgan fingerprint density at radius 1 is 0.870 bits per heavy atom. The van der Waals surface area contributed by atoms with Crippen LogP contribution in [0, 0.1) is 10.2 Å². The number of benzene rings is 2. The molecule has 1 aliphatic heterocycles. The highest BCUT2D eigenvalue weighted by atomic mass is 35.7. The number of anilines is 2. The van der Waals surface area contributed by atoms with Crippen LogP contribution in [0.3, 0.4) is 0 Å². The predicted molar refractivity (Wildman–Crippen MR) is 77.3 cm³/mol. The third-order valence-electron chi connectivity index (χ3n) is 2.82. The second-order valence-electron chi connectivity index (χ2n) is 4.86. The second kappa shape index (κ2) is 7.31.